The number of halogens is 1. The van der Waals surface area contributed by atoms with Crippen molar-refractivity contribution in [1.82, 2.24) is 19.5 Å². The van der Waals surface area contributed by atoms with E-state index in [9.17, 15) is 0 Å². The van der Waals surface area contributed by atoms with Gasteiger partial charge in [-0.1, -0.05) is 18.9 Å². The number of rotatable bonds is 4. The Morgan fingerprint density at radius 2 is 1.91 bits per heavy atom. The van der Waals surface area contributed by atoms with Crippen molar-refractivity contribution in [2.75, 3.05) is 19.6 Å². The summed E-state index contributed by atoms with van der Waals surface area (Å²) in [6.07, 6.45) is 8.86. The van der Waals surface area contributed by atoms with Gasteiger partial charge in [0.05, 0.1) is 0 Å². The average Bonchev–Trinajstić information content (AvgIpc) is 2.77. The van der Waals surface area contributed by atoms with Crippen LogP contribution < -0.4 is 5.73 Å². The SMILES string of the molecule is I.NC(=NCCCc1nnc2ccccn12)N1CCCCCC1. The molecule has 0 unspecified atom stereocenters. The molecule has 3 rings (SSSR count). The molecule has 0 amide bonds. The van der Waals surface area contributed by atoms with E-state index < -0.39 is 0 Å². The van der Waals surface area contributed by atoms with Crippen molar-refractivity contribution >= 4 is 35.6 Å². The van der Waals surface area contributed by atoms with Crippen LogP contribution in [0.5, 0.6) is 0 Å². The average molecular weight is 428 g/mol. The molecule has 3 heterocycles. The normalized spacial score (nSPS) is 16.2. The Kier molecular flexibility index (Phi) is 7.07. The largest absolute Gasteiger partial charge is 0.370 e. The molecule has 0 radical (unpaired) electrons. The molecule has 1 aliphatic heterocycles. The van der Waals surface area contributed by atoms with Crippen LogP contribution >= 0.6 is 24.0 Å². The predicted octanol–water partition coefficient (Wildman–Crippen LogP) is 2.47. The predicted molar refractivity (Wildman–Crippen MR) is 103 cm³/mol. The summed E-state index contributed by atoms with van der Waals surface area (Å²) in [6, 6.07) is 5.93. The molecule has 1 saturated heterocycles. The molecule has 1 fully saturated rings. The Balaban J connectivity index is 0.00000192. The van der Waals surface area contributed by atoms with Gasteiger partial charge in [-0.15, -0.1) is 34.2 Å². The molecular formula is C16H25IN6. The summed E-state index contributed by atoms with van der Waals surface area (Å²) in [7, 11) is 0. The van der Waals surface area contributed by atoms with E-state index >= 15 is 0 Å². The van der Waals surface area contributed by atoms with Gasteiger partial charge in [0.15, 0.2) is 11.6 Å². The topological polar surface area (TPSA) is 71.8 Å². The molecule has 23 heavy (non-hydrogen) atoms. The molecule has 0 aromatic carbocycles. The third kappa shape index (κ3) is 4.79. The van der Waals surface area contributed by atoms with Gasteiger partial charge in [-0.2, -0.15) is 0 Å². The number of aromatic nitrogens is 3. The maximum Gasteiger partial charge on any atom is 0.191 e. The summed E-state index contributed by atoms with van der Waals surface area (Å²) in [5, 5.41) is 8.40. The van der Waals surface area contributed by atoms with Gasteiger partial charge in [0.1, 0.15) is 5.82 Å². The van der Waals surface area contributed by atoms with E-state index in [-0.39, 0.29) is 24.0 Å². The Bertz CT molecular complexity index is 630. The highest BCUT2D eigenvalue weighted by Crippen LogP contribution is 2.09. The third-order valence-electron chi connectivity index (χ3n) is 4.15. The lowest BCUT2D eigenvalue weighted by molar-refractivity contribution is 0.428. The molecule has 126 valence electrons. The van der Waals surface area contributed by atoms with Crippen molar-refractivity contribution < 1.29 is 0 Å². The molecule has 6 nitrogen and oxygen atoms in total. The molecule has 0 bridgehead atoms. The van der Waals surface area contributed by atoms with E-state index in [1.54, 1.807) is 0 Å². The minimum absolute atomic E-state index is 0. The fourth-order valence-electron chi connectivity index (χ4n) is 2.89. The van der Waals surface area contributed by atoms with Crippen LogP contribution in [0.25, 0.3) is 5.65 Å². The van der Waals surface area contributed by atoms with Crippen LogP contribution in [0.4, 0.5) is 0 Å². The van der Waals surface area contributed by atoms with Gasteiger partial charge in [-0.25, -0.2) is 0 Å². The smallest absolute Gasteiger partial charge is 0.191 e. The molecule has 2 N–H and O–H groups in total. The van der Waals surface area contributed by atoms with Crippen molar-refractivity contribution in [1.29, 1.82) is 0 Å². The highest BCUT2D eigenvalue weighted by molar-refractivity contribution is 14.0. The molecule has 0 spiro atoms. The summed E-state index contributed by atoms with van der Waals surface area (Å²) in [6.45, 7) is 2.83. The first-order chi connectivity index (χ1) is 10.8. The molecule has 2 aromatic rings. The van der Waals surface area contributed by atoms with Gasteiger partial charge in [0.2, 0.25) is 0 Å². The highest BCUT2D eigenvalue weighted by Gasteiger charge is 2.10. The molecule has 1 aliphatic rings. The van der Waals surface area contributed by atoms with Crippen molar-refractivity contribution in [3.05, 3.63) is 30.2 Å². The van der Waals surface area contributed by atoms with Gasteiger partial charge >= 0.3 is 0 Å². The number of pyridine rings is 1. The Morgan fingerprint density at radius 3 is 2.70 bits per heavy atom. The zero-order chi connectivity index (χ0) is 15.2. The van der Waals surface area contributed by atoms with E-state index in [2.05, 4.69) is 20.1 Å². The highest BCUT2D eigenvalue weighted by atomic mass is 127. The van der Waals surface area contributed by atoms with Crippen LogP contribution in [0.15, 0.2) is 29.4 Å². The van der Waals surface area contributed by atoms with Gasteiger partial charge in [-0.3, -0.25) is 9.39 Å². The second kappa shape index (κ2) is 9.05. The number of likely N-dealkylation sites (tertiary alicyclic amines) is 1. The summed E-state index contributed by atoms with van der Waals surface area (Å²) in [5.41, 5.74) is 7.00. The van der Waals surface area contributed by atoms with Gasteiger partial charge in [-0.05, 0) is 31.4 Å². The Morgan fingerprint density at radius 1 is 1.13 bits per heavy atom. The minimum atomic E-state index is 0. The second-order valence-corrected chi connectivity index (χ2v) is 5.79. The first-order valence-corrected chi connectivity index (χ1v) is 8.18. The van der Waals surface area contributed by atoms with E-state index in [1.165, 1.54) is 25.7 Å². The number of hydrogen-bond donors (Lipinski definition) is 1. The fourth-order valence-corrected chi connectivity index (χ4v) is 2.89. The fraction of sp³-hybridized carbons (Fsp3) is 0.562. The Labute approximate surface area is 154 Å². The van der Waals surface area contributed by atoms with Crippen molar-refractivity contribution in [2.45, 2.75) is 38.5 Å². The number of hydrogen-bond acceptors (Lipinski definition) is 3. The van der Waals surface area contributed by atoms with Crippen LogP contribution in [0, 0.1) is 0 Å². The van der Waals surface area contributed by atoms with Crippen molar-refractivity contribution in [3.8, 4) is 0 Å². The number of guanidine groups is 1. The zero-order valence-electron chi connectivity index (χ0n) is 13.4. The molecule has 0 saturated carbocycles. The molecule has 7 heteroatoms. The van der Waals surface area contributed by atoms with Crippen molar-refractivity contribution in [2.24, 2.45) is 10.7 Å². The monoisotopic (exact) mass is 428 g/mol. The molecule has 0 atom stereocenters. The maximum atomic E-state index is 6.11. The van der Waals surface area contributed by atoms with E-state index in [4.69, 9.17) is 5.73 Å². The summed E-state index contributed by atoms with van der Waals surface area (Å²) >= 11 is 0. The number of aliphatic imine (C=N–C) groups is 1. The van der Waals surface area contributed by atoms with E-state index in [1.807, 2.05) is 28.8 Å². The van der Waals surface area contributed by atoms with E-state index in [0.29, 0.717) is 5.96 Å². The number of fused-ring (bicyclic) bond motifs is 1. The van der Waals surface area contributed by atoms with Crippen LogP contribution in [-0.2, 0) is 6.42 Å². The van der Waals surface area contributed by atoms with E-state index in [0.717, 1.165) is 43.9 Å². The molecular weight excluding hydrogens is 403 g/mol. The van der Waals surface area contributed by atoms with Crippen molar-refractivity contribution in [3.63, 3.8) is 0 Å². The quantitative estimate of drug-likeness (QED) is 0.352. The molecule has 0 aliphatic carbocycles. The summed E-state index contributed by atoms with van der Waals surface area (Å²) in [5.74, 6) is 1.69. The number of aryl methyl sites for hydroxylation is 1. The lowest BCUT2D eigenvalue weighted by atomic mass is 10.2. The number of nitrogens with zero attached hydrogens (tertiary/aromatic N) is 5. The van der Waals surface area contributed by atoms with Gasteiger partial charge in [0, 0.05) is 32.3 Å². The van der Waals surface area contributed by atoms with Gasteiger partial charge in [0.25, 0.3) is 0 Å². The minimum Gasteiger partial charge on any atom is -0.370 e. The summed E-state index contributed by atoms with van der Waals surface area (Å²) in [4.78, 5) is 6.75. The standard InChI is InChI=1S/C16H24N6.HI/c17-16(21-11-4-1-2-5-12-21)18-10-7-9-15-20-19-14-8-3-6-13-22(14)15;/h3,6,8,13H,1-2,4-5,7,9-12H2,(H2,17,18);1H. The summed E-state index contributed by atoms with van der Waals surface area (Å²) < 4.78 is 2.03. The maximum absolute atomic E-state index is 6.11. The third-order valence-corrected chi connectivity index (χ3v) is 4.15. The second-order valence-electron chi connectivity index (χ2n) is 5.79. The number of nitrogens with two attached hydrogens (primary N) is 1. The van der Waals surface area contributed by atoms with Crippen LogP contribution in [0.3, 0.4) is 0 Å². The first kappa shape index (κ1) is 18.0. The zero-order valence-corrected chi connectivity index (χ0v) is 15.7. The lowest BCUT2D eigenvalue weighted by Gasteiger charge is -2.21. The van der Waals surface area contributed by atoms with Crippen LogP contribution in [0.2, 0.25) is 0 Å². The van der Waals surface area contributed by atoms with Crippen LogP contribution in [-0.4, -0.2) is 45.1 Å². The lowest BCUT2D eigenvalue weighted by Crippen LogP contribution is -2.38. The molecule has 2 aromatic heterocycles. The van der Waals surface area contributed by atoms with Crippen LogP contribution in [0.1, 0.15) is 37.9 Å². The first-order valence-electron chi connectivity index (χ1n) is 8.18. The van der Waals surface area contributed by atoms with Gasteiger partial charge < -0.3 is 10.6 Å². The Hall–Kier alpha value is -1.38.